The summed E-state index contributed by atoms with van der Waals surface area (Å²) < 4.78 is 5.21. The average Bonchev–Trinajstić information content (AvgIpc) is 2.31. The number of hydrogen-bond acceptors (Lipinski definition) is 3. The highest BCUT2D eigenvalue weighted by Crippen LogP contribution is 2.27. The summed E-state index contributed by atoms with van der Waals surface area (Å²) in [5.41, 5.74) is 2.59. The van der Waals surface area contributed by atoms with Crippen LogP contribution in [0.5, 0.6) is 5.75 Å². The SMILES string of the molecule is COc1cc(C)c2nc(Cl)c(CC#N)cc2c1. The summed E-state index contributed by atoms with van der Waals surface area (Å²) >= 11 is 6.03. The lowest BCUT2D eigenvalue weighted by Gasteiger charge is -2.08. The first kappa shape index (κ1) is 11.7. The largest absolute Gasteiger partial charge is 0.497 e. The van der Waals surface area contributed by atoms with Crippen LogP contribution < -0.4 is 4.74 Å². The van der Waals surface area contributed by atoms with Crippen LogP contribution in [0, 0.1) is 18.3 Å². The van der Waals surface area contributed by atoms with E-state index in [1.54, 1.807) is 7.11 Å². The van der Waals surface area contributed by atoms with E-state index in [9.17, 15) is 0 Å². The van der Waals surface area contributed by atoms with Gasteiger partial charge in [-0.2, -0.15) is 5.26 Å². The monoisotopic (exact) mass is 246 g/mol. The molecule has 0 atom stereocenters. The number of hydrogen-bond donors (Lipinski definition) is 0. The molecular formula is C13H11ClN2O. The fraction of sp³-hybridized carbons (Fsp3) is 0.231. The fourth-order valence-corrected chi connectivity index (χ4v) is 1.99. The molecule has 0 bridgehead atoms. The Labute approximate surface area is 105 Å². The van der Waals surface area contributed by atoms with E-state index < -0.39 is 0 Å². The molecule has 1 aromatic carbocycles. The molecule has 0 N–H and O–H groups in total. The maximum Gasteiger partial charge on any atom is 0.134 e. The molecule has 1 aromatic heterocycles. The number of aromatic nitrogens is 1. The van der Waals surface area contributed by atoms with Crippen molar-refractivity contribution in [3.8, 4) is 11.8 Å². The van der Waals surface area contributed by atoms with E-state index in [-0.39, 0.29) is 6.42 Å². The second kappa shape index (κ2) is 4.60. The molecule has 0 fully saturated rings. The maximum atomic E-state index is 8.71. The van der Waals surface area contributed by atoms with Gasteiger partial charge in [-0.3, -0.25) is 0 Å². The zero-order valence-corrected chi connectivity index (χ0v) is 10.4. The van der Waals surface area contributed by atoms with E-state index in [2.05, 4.69) is 11.1 Å². The predicted octanol–water partition coefficient (Wildman–Crippen LogP) is 3.27. The third-order valence-corrected chi connectivity index (χ3v) is 2.94. The zero-order valence-electron chi connectivity index (χ0n) is 9.62. The standard InChI is InChI=1S/C13H11ClN2O/c1-8-5-11(17-2)7-10-6-9(3-4-15)13(14)16-12(8)10/h5-7H,3H2,1-2H3. The Balaban J connectivity index is 2.71. The molecule has 17 heavy (non-hydrogen) atoms. The Morgan fingerprint density at radius 1 is 1.41 bits per heavy atom. The Bertz CT molecular complexity index is 617. The van der Waals surface area contributed by atoms with Crippen LogP contribution in [0.3, 0.4) is 0 Å². The van der Waals surface area contributed by atoms with Gasteiger partial charge in [0.1, 0.15) is 10.9 Å². The number of pyridine rings is 1. The molecule has 0 saturated heterocycles. The summed E-state index contributed by atoms with van der Waals surface area (Å²) in [6, 6.07) is 7.78. The predicted molar refractivity (Wildman–Crippen MR) is 67.4 cm³/mol. The minimum Gasteiger partial charge on any atom is -0.497 e. The van der Waals surface area contributed by atoms with Crippen LogP contribution in [0.4, 0.5) is 0 Å². The molecule has 2 aromatic rings. The molecule has 1 heterocycles. The first-order valence-corrected chi connectivity index (χ1v) is 5.54. The molecule has 0 unspecified atom stereocenters. The van der Waals surface area contributed by atoms with Gasteiger partial charge in [-0.05, 0) is 30.7 Å². The van der Waals surface area contributed by atoms with Crippen LogP contribution in [-0.2, 0) is 6.42 Å². The minimum atomic E-state index is 0.262. The Hall–Kier alpha value is -1.79. The number of methoxy groups -OCH3 is 1. The van der Waals surface area contributed by atoms with Crippen molar-refractivity contribution >= 4 is 22.5 Å². The highest BCUT2D eigenvalue weighted by atomic mass is 35.5. The van der Waals surface area contributed by atoms with Crippen LogP contribution in [0.2, 0.25) is 5.15 Å². The van der Waals surface area contributed by atoms with Gasteiger partial charge in [-0.1, -0.05) is 11.6 Å². The van der Waals surface area contributed by atoms with Crippen molar-refractivity contribution in [1.82, 2.24) is 4.98 Å². The third-order valence-electron chi connectivity index (χ3n) is 2.61. The maximum absolute atomic E-state index is 8.71. The second-order valence-electron chi connectivity index (χ2n) is 3.79. The quantitative estimate of drug-likeness (QED) is 0.764. The number of benzene rings is 1. The highest BCUT2D eigenvalue weighted by Gasteiger charge is 2.08. The van der Waals surface area contributed by atoms with E-state index in [0.717, 1.165) is 27.8 Å². The molecule has 2 rings (SSSR count). The lowest BCUT2D eigenvalue weighted by molar-refractivity contribution is 0.415. The van der Waals surface area contributed by atoms with E-state index in [1.807, 2.05) is 25.1 Å². The number of halogens is 1. The van der Waals surface area contributed by atoms with Crippen LogP contribution in [0.25, 0.3) is 10.9 Å². The third kappa shape index (κ3) is 2.17. The molecule has 0 aliphatic heterocycles. The molecule has 0 aliphatic carbocycles. The lowest BCUT2D eigenvalue weighted by Crippen LogP contribution is -1.92. The van der Waals surface area contributed by atoms with Crippen molar-refractivity contribution in [2.45, 2.75) is 13.3 Å². The zero-order chi connectivity index (χ0) is 12.4. The van der Waals surface area contributed by atoms with Crippen LogP contribution in [0.1, 0.15) is 11.1 Å². The molecule has 0 amide bonds. The number of fused-ring (bicyclic) bond motifs is 1. The number of ether oxygens (including phenoxy) is 1. The molecule has 0 spiro atoms. The van der Waals surface area contributed by atoms with Crippen LogP contribution >= 0.6 is 11.6 Å². The number of nitriles is 1. The van der Waals surface area contributed by atoms with Crippen LogP contribution in [0.15, 0.2) is 18.2 Å². The summed E-state index contributed by atoms with van der Waals surface area (Å²) in [5, 5.41) is 10.0. The highest BCUT2D eigenvalue weighted by molar-refractivity contribution is 6.30. The van der Waals surface area contributed by atoms with Gasteiger partial charge in [-0.15, -0.1) is 0 Å². The summed E-state index contributed by atoms with van der Waals surface area (Å²) in [5.74, 6) is 0.780. The van der Waals surface area contributed by atoms with E-state index >= 15 is 0 Å². The Kier molecular flexibility index (Phi) is 3.16. The van der Waals surface area contributed by atoms with Crippen molar-refractivity contribution in [2.24, 2.45) is 0 Å². The van der Waals surface area contributed by atoms with Crippen LogP contribution in [-0.4, -0.2) is 12.1 Å². The van der Waals surface area contributed by atoms with Crippen molar-refractivity contribution in [3.63, 3.8) is 0 Å². The fourth-order valence-electron chi connectivity index (χ4n) is 1.78. The number of aryl methyl sites for hydroxylation is 1. The van der Waals surface area contributed by atoms with Gasteiger partial charge in [0.15, 0.2) is 0 Å². The Morgan fingerprint density at radius 2 is 2.18 bits per heavy atom. The minimum absolute atomic E-state index is 0.262. The molecule has 0 aliphatic rings. The van der Waals surface area contributed by atoms with Crippen molar-refractivity contribution in [2.75, 3.05) is 7.11 Å². The second-order valence-corrected chi connectivity index (χ2v) is 4.15. The number of nitrogens with zero attached hydrogens (tertiary/aromatic N) is 2. The molecule has 3 nitrogen and oxygen atoms in total. The first-order chi connectivity index (χ1) is 8.15. The normalized spacial score (nSPS) is 10.2. The topological polar surface area (TPSA) is 45.9 Å². The van der Waals surface area contributed by atoms with E-state index in [4.69, 9.17) is 21.6 Å². The van der Waals surface area contributed by atoms with Crippen molar-refractivity contribution < 1.29 is 4.74 Å². The smallest absolute Gasteiger partial charge is 0.134 e. The van der Waals surface area contributed by atoms with E-state index in [0.29, 0.717) is 5.15 Å². The van der Waals surface area contributed by atoms with Crippen molar-refractivity contribution in [1.29, 1.82) is 5.26 Å². The molecule has 0 radical (unpaired) electrons. The van der Waals surface area contributed by atoms with Gasteiger partial charge < -0.3 is 4.74 Å². The molecule has 4 heteroatoms. The van der Waals surface area contributed by atoms with Gasteiger partial charge >= 0.3 is 0 Å². The average molecular weight is 247 g/mol. The summed E-state index contributed by atoms with van der Waals surface area (Å²) in [6.07, 6.45) is 0.262. The lowest BCUT2D eigenvalue weighted by atomic mass is 10.1. The molecule has 86 valence electrons. The van der Waals surface area contributed by atoms with Gasteiger partial charge in [0.05, 0.1) is 25.1 Å². The Morgan fingerprint density at radius 3 is 2.82 bits per heavy atom. The van der Waals surface area contributed by atoms with Gasteiger partial charge in [0, 0.05) is 10.9 Å². The summed E-state index contributed by atoms with van der Waals surface area (Å²) in [7, 11) is 1.63. The van der Waals surface area contributed by atoms with Gasteiger partial charge in [0.2, 0.25) is 0 Å². The molecular weight excluding hydrogens is 236 g/mol. The van der Waals surface area contributed by atoms with Gasteiger partial charge in [0.25, 0.3) is 0 Å². The van der Waals surface area contributed by atoms with E-state index in [1.165, 1.54) is 0 Å². The first-order valence-electron chi connectivity index (χ1n) is 5.16. The summed E-state index contributed by atoms with van der Waals surface area (Å²) in [4.78, 5) is 4.33. The van der Waals surface area contributed by atoms with Gasteiger partial charge in [-0.25, -0.2) is 4.98 Å². The van der Waals surface area contributed by atoms with Crippen molar-refractivity contribution in [3.05, 3.63) is 34.5 Å². The molecule has 0 saturated carbocycles. The summed E-state index contributed by atoms with van der Waals surface area (Å²) in [6.45, 7) is 1.96. The number of rotatable bonds is 2.